The summed E-state index contributed by atoms with van der Waals surface area (Å²) >= 11 is 0. The van der Waals surface area contributed by atoms with Crippen LogP contribution in [0.25, 0.3) is 0 Å². The highest BCUT2D eigenvalue weighted by molar-refractivity contribution is 5.85. The van der Waals surface area contributed by atoms with Crippen molar-refractivity contribution in [3.63, 3.8) is 0 Å². The average molecular weight is 289 g/mol. The van der Waals surface area contributed by atoms with Gasteiger partial charge in [0.05, 0.1) is 5.41 Å². The maximum Gasteiger partial charge on any atom is 0.408 e. The number of alkyl halides is 3. The standard InChI is InChI=1S/C11H19F3N2O.ClH/c1-3-10(4-6-15-7-5-10)9(17)16-8(2)11(12,13)14;/h8,15H,3-7H2,1-2H3,(H,16,17);1H/t8-;/m1./s1. The van der Waals surface area contributed by atoms with Crippen LogP contribution in [0, 0.1) is 5.41 Å². The predicted octanol–water partition coefficient (Wildman–Crippen LogP) is 2.26. The molecule has 7 heteroatoms. The summed E-state index contributed by atoms with van der Waals surface area (Å²) in [6, 6.07) is -1.78. The van der Waals surface area contributed by atoms with Crippen LogP contribution in [0.5, 0.6) is 0 Å². The zero-order valence-corrected chi connectivity index (χ0v) is 11.4. The van der Waals surface area contributed by atoms with Gasteiger partial charge in [0.25, 0.3) is 0 Å². The van der Waals surface area contributed by atoms with E-state index in [4.69, 9.17) is 0 Å². The van der Waals surface area contributed by atoms with Crippen molar-refractivity contribution in [1.82, 2.24) is 10.6 Å². The van der Waals surface area contributed by atoms with Gasteiger partial charge >= 0.3 is 6.18 Å². The molecular weight excluding hydrogens is 269 g/mol. The number of carbonyl (C=O) groups excluding carboxylic acids is 1. The molecule has 3 nitrogen and oxygen atoms in total. The fourth-order valence-corrected chi connectivity index (χ4v) is 2.08. The van der Waals surface area contributed by atoms with Gasteiger partial charge in [0.1, 0.15) is 6.04 Å². The molecule has 1 fully saturated rings. The van der Waals surface area contributed by atoms with Crippen molar-refractivity contribution >= 4 is 18.3 Å². The summed E-state index contributed by atoms with van der Waals surface area (Å²) in [4.78, 5) is 12.0. The first-order valence-corrected chi connectivity index (χ1v) is 5.90. The van der Waals surface area contributed by atoms with Gasteiger partial charge in [-0.2, -0.15) is 13.2 Å². The monoisotopic (exact) mass is 288 g/mol. The number of halogens is 4. The molecular formula is C11H20ClF3N2O. The van der Waals surface area contributed by atoms with Crippen molar-refractivity contribution in [3.8, 4) is 0 Å². The molecule has 0 aliphatic carbocycles. The van der Waals surface area contributed by atoms with Gasteiger partial charge in [-0.15, -0.1) is 12.4 Å². The Morgan fingerprint density at radius 2 is 1.89 bits per heavy atom. The van der Waals surface area contributed by atoms with Crippen LogP contribution in [-0.2, 0) is 4.79 Å². The first kappa shape index (κ1) is 17.5. The molecule has 0 radical (unpaired) electrons. The zero-order valence-electron chi connectivity index (χ0n) is 10.6. The summed E-state index contributed by atoms with van der Waals surface area (Å²) in [6.07, 6.45) is -2.61. The van der Waals surface area contributed by atoms with Gasteiger partial charge in [-0.3, -0.25) is 4.79 Å². The molecule has 1 atom stereocenters. The van der Waals surface area contributed by atoms with Crippen LogP contribution in [0.3, 0.4) is 0 Å². The van der Waals surface area contributed by atoms with Crippen molar-refractivity contribution in [3.05, 3.63) is 0 Å². The molecule has 0 aromatic rings. The second kappa shape index (κ2) is 6.61. The Hall–Kier alpha value is -0.490. The van der Waals surface area contributed by atoms with E-state index in [1.165, 1.54) is 0 Å². The zero-order chi connectivity index (χ0) is 13.1. The highest BCUT2D eigenvalue weighted by Crippen LogP contribution is 2.33. The minimum Gasteiger partial charge on any atom is -0.344 e. The lowest BCUT2D eigenvalue weighted by molar-refractivity contribution is -0.162. The van der Waals surface area contributed by atoms with Crippen LogP contribution in [0.1, 0.15) is 33.1 Å². The van der Waals surface area contributed by atoms with E-state index >= 15 is 0 Å². The van der Waals surface area contributed by atoms with E-state index in [1.54, 1.807) is 0 Å². The van der Waals surface area contributed by atoms with Crippen molar-refractivity contribution in [2.45, 2.75) is 45.3 Å². The number of rotatable bonds is 3. The van der Waals surface area contributed by atoms with Crippen LogP contribution in [0.15, 0.2) is 0 Å². The minimum atomic E-state index is -4.38. The van der Waals surface area contributed by atoms with E-state index in [0.29, 0.717) is 32.4 Å². The molecule has 1 aliphatic rings. The van der Waals surface area contributed by atoms with Gasteiger partial charge in [0.15, 0.2) is 0 Å². The summed E-state index contributed by atoms with van der Waals surface area (Å²) in [5.74, 6) is -0.466. The number of nitrogens with one attached hydrogen (secondary N) is 2. The summed E-state index contributed by atoms with van der Waals surface area (Å²) in [7, 11) is 0. The molecule has 1 rings (SSSR count). The molecule has 0 spiro atoms. The molecule has 0 unspecified atom stereocenters. The van der Waals surface area contributed by atoms with Crippen molar-refractivity contribution < 1.29 is 18.0 Å². The minimum absolute atomic E-state index is 0. The molecule has 0 saturated carbocycles. The average Bonchev–Trinajstić information content (AvgIpc) is 2.28. The lowest BCUT2D eigenvalue weighted by atomic mass is 9.75. The van der Waals surface area contributed by atoms with E-state index < -0.39 is 23.5 Å². The Morgan fingerprint density at radius 1 is 1.39 bits per heavy atom. The largest absolute Gasteiger partial charge is 0.408 e. The van der Waals surface area contributed by atoms with Gasteiger partial charge in [-0.05, 0) is 39.3 Å². The van der Waals surface area contributed by atoms with Crippen LogP contribution in [0.2, 0.25) is 0 Å². The first-order chi connectivity index (χ1) is 7.82. The third kappa shape index (κ3) is 4.02. The highest BCUT2D eigenvalue weighted by Gasteiger charge is 2.43. The van der Waals surface area contributed by atoms with Crippen molar-refractivity contribution in [2.24, 2.45) is 5.41 Å². The Labute approximate surface area is 111 Å². The maximum atomic E-state index is 12.4. The lowest BCUT2D eigenvalue weighted by Gasteiger charge is -2.36. The number of hydrogen-bond acceptors (Lipinski definition) is 2. The Bertz CT molecular complexity index is 278. The van der Waals surface area contributed by atoms with E-state index in [0.717, 1.165) is 6.92 Å². The van der Waals surface area contributed by atoms with Crippen LogP contribution in [0.4, 0.5) is 13.2 Å². The summed E-state index contributed by atoms with van der Waals surface area (Å²) in [6.45, 7) is 4.19. The summed E-state index contributed by atoms with van der Waals surface area (Å²) in [5.41, 5.74) is -0.634. The lowest BCUT2D eigenvalue weighted by Crippen LogP contribution is -2.52. The Kier molecular flexibility index (Phi) is 6.43. The summed E-state index contributed by atoms with van der Waals surface area (Å²) in [5, 5.41) is 5.20. The SMILES string of the molecule is CCC1(C(=O)N[C@H](C)C(F)(F)F)CCNCC1.Cl. The second-order valence-electron chi connectivity index (χ2n) is 4.62. The number of amides is 1. The normalized spacial score (nSPS) is 20.7. The third-order valence-electron chi connectivity index (χ3n) is 3.56. The molecule has 0 aromatic carbocycles. The second-order valence-corrected chi connectivity index (χ2v) is 4.62. The fraction of sp³-hybridized carbons (Fsp3) is 0.909. The predicted molar refractivity (Wildman–Crippen MR) is 65.7 cm³/mol. The van der Waals surface area contributed by atoms with E-state index in [2.05, 4.69) is 10.6 Å². The van der Waals surface area contributed by atoms with E-state index in [-0.39, 0.29) is 12.4 Å². The molecule has 2 N–H and O–H groups in total. The topological polar surface area (TPSA) is 41.1 Å². The van der Waals surface area contributed by atoms with Crippen molar-refractivity contribution in [2.75, 3.05) is 13.1 Å². The van der Waals surface area contributed by atoms with Crippen LogP contribution >= 0.6 is 12.4 Å². The quantitative estimate of drug-likeness (QED) is 0.836. The first-order valence-electron chi connectivity index (χ1n) is 5.90. The van der Waals surface area contributed by atoms with Gasteiger partial charge in [0.2, 0.25) is 5.91 Å². The third-order valence-corrected chi connectivity index (χ3v) is 3.56. The Morgan fingerprint density at radius 3 is 2.28 bits per heavy atom. The van der Waals surface area contributed by atoms with E-state index in [9.17, 15) is 18.0 Å². The molecule has 1 heterocycles. The van der Waals surface area contributed by atoms with E-state index in [1.807, 2.05) is 6.92 Å². The molecule has 1 saturated heterocycles. The molecule has 1 aliphatic heterocycles. The number of hydrogen-bond donors (Lipinski definition) is 2. The summed E-state index contributed by atoms with van der Waals surface area (Å²) < 4.78 is 37.1. The Balaban J connectivity index is 0.00000289. The molecule has 0 bridgehead atoms. The van der Waals surface area contributed by atoms with Gasteiger partial charge in [-0.1, -0.05) is 6.92 Å². The van der Waals surface area contributed by atoms with Crippen LogP contribution < -0.4 is 10.6 Å². The molecule has 0 aromatic heterocycles. The number of carbonyl (C=O) groups is 1. The molecule has 1 amide bonds. The fourth-order valence-electron chi connectivity index (χ4n) is 2.08. The highest BCUT2D eigenvalue weighted by atomic mass is 35.5. The van der Waals surface area contributed by atoms with Crippen molar-refractivity contribution in [1.29, 1.82) is 0 Å². The van der Waals surface area contributed by atoms with Crippen LogP contribution in [-0.4, -0.2) is 31.2 Å². The van der Waals surface area contributed by atoms with Gasteiger partial charge < -0.3 is 10.6 Å². The van der Waals surface area contributed by atoms with Gasteiger partial charge in [0, 0.05) is 0 Å². The molecule has 108 valence electrons. The molecule has 18 heavy (non-hydrogen) atoms. The number of piperidine rings is 1. The maximum absolute atomic E-state index is 12.4. The van der Waals surface area contributed by atoms with Gasteiger partial charge in [-0.25, -0.2) is 0 Å². The smallest absolute Gasteiger partial charge is 0.344 e.